The predicted octanol–water partition coefficient (Wildman–Crippen LogP) is 25.2. The lowest BCUT2D eigenvalue weighted by Crippen LogP contribution is -2.29. The number of carbonyl (C=O) groups is 6. The zero-order valence-electron chi connectivity index (χ0n) is 74.1. The third-order valence-corrected chi connectivity index (χ3v) is 26.8. The standard InChI is InChI=1S/C44H30N2O2.C40H34N2O2.C35H26N2O2/c1-45-41(39-40(44(45)48)42(46(2)43(39)47)38-23-11-17-29-14-5-8-20-35(29)38)32-25-30(36-21-9-15-27-12-3-6-18-33(27)36)24-31(26-32)37-22-10-16-28-13-4-7-19-34(28)37;1-5-41-37(29-20-18-28(19-21-29)32-22-17-25(3)23-26(32)4)35-36(40(41)44)38(42(6-2)39(35)43)31-14-9-13-30(24-31)34-16-10-12-27-11-7-8-15-33(27)34;1-21-15-17-23(18-16-21)25-19-20-29(27-13-7-6-12-26(25)27)33-31-30(34(38)37(33)3)32(36(2)35(31)39)28-14-8-10-22-9-4-5-11-24(22)28/h3-26H,1-2H3;7-24H,5-6H2,1-4H3;4-20H,1-3H3. The van der Waals surface area contributed by atoms with Gasteiger partial charge < -0.3 is 29.4 Å². The maximum atomic E-state index is 14.3. The maximum Gasteiger partial charge on any atom is 0.261 e. The first-order chi connectivity index (χ1) is 63.8. The summed E-state index contributed by atoms with van der Waals surface area (Å²) >= 11 is 0. The van der Waals surface area contributed by atoms with Gasteiger partial charge in [-0.1, -0.05) is 345 Å². The van der Waals surface area contributed by atoms with Crippen LogP contribution in [0.15, 0.2) is 391 Å². The van der Waals surface area contributed by atoms with E-state index in [1.165, 1.54) is 33.0 Å². The van der Waals surface area contributed by atoms with E-state index in [1.54, 1.807) is 57.6 Å². The summed E-state index contributed by atoms with van der Waals surface area (Å²) < 4.78 is 0. The highest BCUT2D eigenvalue weighted by molar-refractivity contribution is 6.34. The Morgan fingerprint density at radius 3 is 0.885 bits per heavy atom. The second-order valence-electron chi connectivity index (χ2n) is 34.4. The highest BCUT2D eigenvalue weighted by Gasteiger charge is 2.51. The molecule has 23 rings (SSSR count). The smallest absolute Gasteiger partial charge is 0.261 e. The van der Waals surface area contributed by atoms with Gasteiger partial charge in [0.1, 0.15) is 0 Å². The fourth-order valence-electron chi connectivity index (χ4n) is 20.6. The lowest BCUT2D eigenvalue weighted by atomic mass is 9.90. The van der Waals surface area contributed by atoms with Crippen LogP contribution in [0.2, 0.25) is 0 Å². The Morgan fingerprint density at radius 2 is 0.458 bits per heavy atom. The van der Waals surface area contributed by atoms with Crippen LogP contribution in [0, 0.1) is 20.8 Å². The molecular weight excluding hydrogens is 1610 g/mol. The first-order valence-electron chi connectivity index (χ1n) is 44.5. The van der Waals surface area contributed by atoms with Crippen LogP contribution in [0.5, 0.6) is 0 Å². The molecule has 12 nitrogen and oxygen atoms in total. The van der Waals surface area contributed by atoms with Crippen molar-refractivity contribution in [3.63, 3.8) is 0 Å². The number of hydrogen-bond donors (Lipinski definition) is 0. The second-order valence-corrected chi connectivity index (χ2v) is 34.4. The topological polar surface area (TPSA) is 122 Å². The Labute approximate surface area is 760 Å². The summed E-state index contributed by atoms with van der Waals surface area (Å²) in [6.45, 7) is 11.2. The average Bonchev–Trinajstić information content (AvgIpc) is 1.57. The minimum atomic E-state index is -0.178. The second kappa shape index (κ2) is 32.8. The lowest BCUT2D eigenvalue weighted by molar-refractivity contribution is -0.124. The summed E-state index contributed by atoms with van der Waals surface area (Å²) in [6.07, 6.45) is 0. The van der Waals surface area contributed by atoms with Gasteiger partial charge in [0, 0.05) is 63.5 Å². The Morgan fingerprint density at radius 1 is 0.191 bits per heavy atom. The number of amides is 6. The van der Waals surface area contributed by atoms with E-state index in [1.807, 2.05) is 129 Å². The van der Waals surface area contributed by atoms with Crippen molar-refractivity contribution in [2.75, 3.05) is 41.3 Å². The average molecular weight is 1700 g/mol. The van der Waals surface area contributed by atoms with E-state index >= 15 is 0 Å². The van der Waals surface area contributed by atoms with E-state index in [4.69, 9.17) is 0 Å². The van der Waals surface area contributed by atoms with Gasteiger partial charge >= 0.3 is 0 Å². The minimum absolute atomic E-state index is 0.120. The van der Waals surface area contributed by atoms with Gasteiger partial charge in [-0.3, -0.25) is 28.8 Å². The molecule has 0 N–H and O–H groups in total. The molecule has 6 heterocycles. The Balaban J connectivity index is 0.000000119. The summed E-state index contributed by atoms with van der Waals surface area (Å²) in [5.74, 6) is -0.915. The molecule has 0 aliphatic carbocycles. The van der Waals surface area contributed by atoms with Gasteiger partial charge in [-0.2, -0.15) is 0 Å². The van der Waals surface area contributed by atoms with Crippen LogP contribution in [0.3, 0.4) is 0 Å². The quantitative estimate of drug-likeness (QED) is 0.113. The zero-order chi connectivity index (χ0) is 89.9. The summed E-state index contributed by atoms with van der Waals surface area (Å²) in [7, 11) is 7.09. The molecule has 0 saturated heterocycles. The lowest BCUT2D eigenvalue weighted by Gasteiger charge is -2.24. The van der Waals surface area contributed by atoms with E-state index in [-0.39, 0.29) is 35.4 Å². The van der Waals surface area contributed by atoms with Crippen molar-refractivity contribution >= 4 is 134 Å². The van der Waals surface area contributed by atoms with Crippen molar-refractivity contribution in [2.45, 2.75) is 34.6 Å². The minimum Gasteiger partial charge on any atom is -0.310 e. The van der Waals surface area contributed by atoms with Gasteiger partial charge in [0.05, 0.1) is 67.6 Å². The predicted molar refractivity (Wildman–Crippen MR) is 532 cm³/mol. The summed E-state index contributed by atoms with van der Waals surface area (Å²) in [6, 6.07) is 123. The van der Waals surface area contributed by atoms with Crippen LogP contribution in [0.1, 0.15) is 63.9 Å². The number of hydrogen-bond acceptors (Lipinski definition) is 6. The van der Waals surface area contributed by atoms with Gasteiger partial charge in [-0.15, -0.1) is 0 Å². The van der Waals surface area contributed by atoms with Crippen LogP contribution in [-0.4, -0.2) is 106 Å². The molecule has 6 aliphatic rings. The van der Waals surface area contributed by atoms with E-state index in [0.717, 1.165) is 137 Å². The van der Waals surface area contributed by atoms with E-state index in [0.29, 0.717) is 80.7 Å². The molecule has 131 heavy (non-hydrogen) atoms. The van der Waals surface area contributed by atoms with Gasteiger partial charge in [0.2, 0.25) is 0 Å². The summed E-state index contributed by atoms with van der Waals surface area (Å²) in [5, 5.41) is 13.2. The highest BCUT2D eigenvalue weighted by Crippen LogP contribution is 2.53. The highest BCUT2D eigenvalue weighted by atomic mass is 16.2. The van der Waals surface area contributed by atoms with Crippen molar-refractivity contribution in [1.29, 1.82) is 0 Å². The Bertz CT molecular complexity index is 7930. The molecule has 0 unspecified atom stereocenters. The number of aryl methyl sites for hydroxylation is 3. The fourth-order valence-corrected chi connectivity index (χ4v) is 20.6. The first kappa shape index (κ1) is 81.6. The van der Waals surface area contributed by atoms with Crippen LogP contribution >= 0.6 is 0 Å². The molecule has 0 spiro atoms. The van der Waals surface area contributed by atoms with Crippen LogP contribution in [0.25, 0.3) is 154 Å². The number of rotatable bonds is 13. The number of benzene rings is 17. The zero-order valence-corrected chi connectivity index (χ0v) is 74.1. The normalized spacial score (nSPS) is 14.9. The van der Waals surface area contributed by atoms with Crippen molar-refractivity contribution in [2.24, 2.45) is 0 Å². The van der Waals surface area contributed by atoms with Crippen molar-refractivity contribution < 1.29 is 28.8 Å². The van der Waals surface area contributed by atoms with Crippen molar-refractivity contribution in [3.8, 4) is 55.6 Å². The van der Waals surface area contributed by atoms with E-state index < -0.39 is 0 Å². The molecular formula is C119H90N6O6. The molecule has 0 aromatic heterocycles. The van der Waals surface area contributed by atoms with Crippen LogP contribution in [0.4, 0.5) is 0 Å². The molecule has 0 radical (unpaired) electrons. The van der Waals surface area contributed by atoms with Crippen molar-refractivity contribution in [3.05, 3.63) is 441 Å². The van der Waals surface area contributed by atoms with Gasteiger partial charge in [0.25, 0.3) is 35.4 Å². The molecule has 632 valence electrons. The van der Waals surface area contributed by atoms with Gasteiger partial charge in [0.15, 0.2) is 0 Å². The number of nitrogens with zero attached hydrogens (tertiary/aromatic N) is 6. The van der Waals surface area contributed by atoms with E-state index in [9.17, 15) is 28.8 Å². The Kier molecular flexibility index (Phi) is 20.4. The van der Waals surface area contributed by atoms with Crippen LogP contribution < -0.4 is 0 Å². The molecule has 6 amide bonds. The van der Waals surface area contributed by atoms with Gasteiger partial charge in [-0.25, -0.2) is 0 Å². The SMILES string of the molecule is CCN1C(=O)C2=C(c3cccc(-c4cccc5ccccc45)c3)N(CC)C(=O)C2=C1c1ccc(-c2ccc(C)cc2C)cc1.CN1C(=O)C2=C(c3cccc4ccccc34)N(C)C(=O)C2=C1c1cc(-c2cccc3ccccc23)cc(-c2cccc3ccccc23)c1.Cc1ccc(-c2ccc(C3=C4C(=O)N(C)C(c5cccc6ccccc56)=C4C(=O)N3C)c3ccccc23)cc1. The number of fused-ring (bicyclic) bond motifs is 9. The maximum absolute atomic E-state index is 14.3. The summed E-state index contributed by atoms with van der Waals surface area (Å²) in [5.41, 5.74) is 26.7. The molecule has 0 atom stereocenters. The largest absolute Gasteiger partial charge is 0.310 e. The Hall–Kier alpha value is -16.4. The molecule has 0 bridgehead atoms. The molecule has 6 aliphatic heterocycles. The third-order valence-electron chi connectivity index (χ3n) is 26.8. The number of carbonyl (C=O) groups excluding carboxylic acids is 6. The van der Waals surface area contributed by atoms with Crippen LogP contribution in [-0.2, 0) is 28.8 Å². The molecule has 17 aromatic carbocycles. The monoisotopic (exact) mass is 1700 g/mol. The molecule has 12 heteroatoms. The summed E-state index contributed by atoms with van der Waals surface area (Å²) in [4.78, 5) is 94.7. The van der Waals surface area contributed by atoms with Gasteiger partial charge in [-0.05, 0) is 196 Å². The molecule has 17 aromatic rings. The van der Waals surface area contributed by atoms with Crippen molar-refractivity contribution in [1.82, 2.24) is 29.4 Å². The molecule has 0 saturated carbocycles. The van der Waals surface area contributed by atoms with E-state index in [2.05, 4.69) is 263 Å². The number of likely N-dealkylation sites (N-methyl/N-ethyl adjacent to an activating group) is 6. The molecule has 0 fully saturated rings. The fraction of sp³-hybridized carbons (Fsp3) is 0.0924. The first-order valence-corrected chi connectivity index (χ1v) is 44.5. The third kappa shape index (κ3) is 13.5.